The number of amides is 1. The zero-order valence-corrected chi connectivity index (χ0v) is 14.8. The molecule has 3 N–H and O–H groups in total. The lowest BCUT2D eigenvalue weighted by Gasteiger charge is -2.11. The average molecular weight is 409 g/mol. The SMILES string of the molecule is O=C(Nc1ccc([N+](=O)[O-])cc1Cl)c1cc(Cl)c(-c2occc2O)cc1O. The molecule has 0 atom stereocenters. The van der Waals surface area contributed by atoms with Gasteiger partial charge in [-0.25, -0.2) is 0 Å². The molecule has 0 unspecified atom stereocenters. The van der Waals surface area contributed by atoms with Gasteiger partial charge in [-0.1, -0.05) is 23.2 Å². The maximum atomic E-state index is 12.4. The molecule has 0 spiro atoms. The Morgan fingerprint density at radius 1 is 1.07 bits per heavy atom. The number of furan rings is 1. The largest absolute Gasteiger partial charge is 0.507 e. The molecule has 0 aliphatic heterocycles. The molecule has 2 aromatic carbocycles. The summed E-state index contributed by atoms with van der Waals surface area (Å²) in [6, 6.07) is 7.21. The number of aromatic hydroxyl groups is 2. The van der Waals surface area contributed by atoms with Crippen LogP contribution >= 0.6 is 23.2 Å². The number of phenols is 1. The normalized spacial score (nSPS) is 10.6. The second kappa shape index (κ2) is 7.18. The number of carbonyl (C=O) groups is 1. The maximum absolute atomic E-state index is 12.4. The number of carbonyl (C=O) groups excluding carboxylic acids is 1. The summed E-state index contributed by atoms with van der Waals surface area (Å²) in [4.78, 5) is 22.5. The van der Waals surface area contributed by atoms with Crippen LogP contribution in [-0.4, -0.2) is 21.0 Å². The molecule has 0 aliphatic carbocycles. The second-order valence-electron chi connectivity index (χ2n) is 5.36. The zero-order chi connectivity index (χ0) is 19.7. The van der Waals surface area contributed by atoms with Crippen LogP contribution in [0.5, 0.6) is 11.5 Å². The smallest absolute Gasteiger partial charge is 0.271 e. The van der Waals surface area contributed by atoms with E-state index in [2.05, 4.69) is 5.32 Å². The summed E-state index contributed by atoms with van der Waals surface area (Å²) in [6.45, 7) is 0. The third-order valence-corrected chi connectivity index (χ3v) is 4.26. The highest BCUT2D eigenvalue weighted by molar-refractivity contribution is 6.35. The van der Waals surface area contributed by atoms with Crippen LogP contribution in [0.2, 0.25) is 10.0 Å². The molecule has 1 heterocycles. The predicted molar refractivity (Wildman–Crippen MR) is 98.5 cm³/mol. The van der Waals surface area contributed by atoms with E-state index in [1.807, 2.05) is 0 Å². The number of phenolic OH excluding ortho intramolecular Hbond substituents is 1. The van der Waals surface area contributed by atoms with Crippen molar-refractivity contribution in [2.24, 2.45) is 0 Å². The molecule has 138 valence electrons. The summed E-state index contributed by atoms with van der Waals surface area (Å²) in [6.07, 6.45) is 1.25. The summed E-state index contributed by atoms with van der Waals surface area (Å²) in [7, 11) is 0. The van der Waals surface area contributed by atoms with Crippen LogP contribution in [-0.2, 0) is 0 Å². The number of nitro benzene ring substituents is 1. The molecule has 27 heavy (non-hydrogen) atoms. The fourth-order valence-corrected chi connectivity index (χ4v) is 2.80. The van der Waals surface area contributed by atoms with Crippen molar-refractivity contribution in [1.82, 2.24) is 0 Å². The van der Waals surface area contributed by atoms with Crippen molar-refractivity contribution in [2.75, 3.05) is 5.32 Å². The molecule has 1 aromatic heterocycles. The summed E-state index contributed by atoms with van der Waals surface area (Å²) in [5.74, 6) is -1.28. The van der Waals surface area contributed by atoms with Gasteiger partial charge in [0.15, 0.2) is 11.5 Å². The number of anilines is 1. The Kier molecular flexibility index (Phi) is 4.93. The first-order valence-electron chi connectivity index (χ1n) is 7.32. The van der Waals surface area contributed by atoms with Crippen LogP contribution in [0.4, 0.5) is 11.4 Å². The van der Waals surface area contributed by atoms with Gasteiger partial charge in [-0.3, -0.25) is 14.9 Å². The van der Waals surface area contributed by atoms with Gasteiger partial charge in [-0.05, 0) is 18.2 Å². The van der Waals surface area contributed by atoms with E-state index in [1.165, 1.54) is 36.6 Å². The minimum Gasteiger partial charge on any atom is -0.507 e. The lowest BCUT2D eigenvalue weighted by atomic mass is 10.1. The van der Waals surface area contributed by atoms with E-state index >= 15 is 0 Å². The van der Waals surface area contributed by atoms with Gasteiger partial charge in [-0.15, -0.1) is 0 Å². The van der Waals surface area contributed by atoms with Crippen molar-refractivity contribution >= 4 is 40.5 Å². The molecule has 0 radical (unpaired) electrons. The maximum Gasteiger partial charge on any atom is 0.271 e. The number of benzene rings is 2. The minimum absolute atomic E-state index is 0.0414. The molecular formula is C17H10Cl2N2O6. The Hall–Kier alpha value is -3.23. The Bertz CT molecular complexity index is 1060. The van der Waals surface area contributed by atoms with E-state index in [1.54, 1.807) is 0 Å². The van der Waals surface area contributed by atoms with Gasteiger partial charge < -0.3 is 19.9 Å². The molecule has 0 saturated heterocycles. The number of hydrogen-bond donors (Lipinski definition) is 3. The third kappa shape index (κ3) is 3.67. The van der Waals surface area contributed by atoms with Crippen molar-refractivity contribution in [1.29, 1.82) is 0 Å². The van der Waals surface area contributed by atoms with E-state index in [0.717, 1.165) is 6.07 Å². The highest BCUT2D eigenvalue weighted by atomic mass is 35.5. The predicted octanol–water partition coefficient (Wildman–Crippen LogP) is 4.83. The van der Waals surface area contributed by atoms with Gasteiger partial charge in [0.25, 0.3) is 11.6 Å². The highest BCUT2D eigenvalue weighted by Crippen LogP contribution is 2.39. The van der Waals surface area contributed by atoms with Crippen LogP contribution in [0.3, 0.4) is 0 Å². The highest BCUT2D eigenvalue weighted by Gasteiger charge is 2.20. The van der Waals surface area contributed by atoms with Gasteiger partial charge in [0.05, 0.1) is 32.5 Å². The summed E-state index contributed by atoms with van der Waals surface area (Å²) < 4.78 is 5.11. The van der Waals surface area contributed by atoms with E-state index in [9.17, 15) is 25.1 Å². The lowest BCUT2D eigenvalue weighted by molar-refractivity contribution is -0.384. The van der Waals surface area contributed by atoms with Gasteiger partial charge in [0, 0.05) is 23.8 Å². The van der Waals surface area contributed by atoms with Crippen molar-refractivity contribution in [3.63, 3.8) is 0 Å². The Labute approximate surface area is 161 Å². The lowest BCUT2D eigenvalue weighted by Crippen LogP contribution is -2.12. The Morgan fingerprint density at radius 2 is 1.81 bits per heavy atom. The van der Waals surface area contributed by atoms with E-state index < -0.39 is 16.6 Å². The molecule has 0 saturated carbocycles. The van der Waals surface area contributed by atoms with Crippen LogP contribution in [0.1, 0.15) is 10.4 Å². The quantitative estimate of drug-likeness (QED) is 0.419. The molecule has 0 bridgehead atoms. The first-order valence-corrected chi connectivity index (χ1v) is 8.08. The van der Waals surface area contributed by atoms with Crippen LogP contribution < -0.4 is 5.32 Å². The van der Waals surface area contributed by atoms with Crippen LogP contribution in [0.25, 0.3) is 11.3 Å². The molecule has 0 fully saturated rings. The number of halogens is 2. The molecule has 10 heteroatoms. The molecule has 8 nitrogen and oxygen atoms in total. The number of nitrogens with one attached hydrogen (secondary N) is 1. The number of nitro groups is 1. The molecule has 3 aromatic rings. The summed E-state index contributed by atoms with van der Waals surface area (Å²) >= 11 is 12.1. The topological polar surface area (TPSA) is 126 Å². The monoisotopic (exact) mass is 408 g/mol. The van der Waals surface area contributed by atoms with Gasteiger partial charge in [-0.2, -0.15) is 0 Å². The van der Waals surface area contributed by atoms with Gasteiger partial charge in [0.2, 0.25) is 0 Å². The van der Waals surface area contributed by atoms with E-state index in [0.29, 0.717) is 0 Å². The molecular weight excluding hydrogens is 399 g/mol. The third-order valence-electron chi connectivity index (χ3n) is 3.63. The Morgan fingerprint density at radius 3 is 2.41 bits per heavy atom. The first kappa shape index (κ1) is 18.6. The van der Waals surface area contributed by atoms with Gasteiger partial charge >= 0.3 is 0 Å². The van der Waals surface area contributed by atoms with E-state index in [4.69, 9.17) is 27.6 Å². The van der Waals surface area contributed by atoms with Crippen LogP contribution in [0.15, 0.2) is 47.1 Å². The standard InChI is InChI=1S/C17H10Cl2N2O6/c18-11-6-10(15(23)7-9(11)16-14(22)3-4-27-16)17(24)20-13-2-1-8(21(25)26)5-12(13)19/h1-7,22-23H,(H,20,24). The fourth-order valence-electron chi connectivity index (χ4n) is 2.33. The van der Waals surface area contributed by atoms with Crippen molar-refractivity contribution in [3.8, 4) is 22.8 Å². The summed E-state index contributed by atoms with van der Waals surface area (Å²) in [5, 5.41) is 33.1. The van der Waals surface area contributed by atoms with Crippen molar-refractivity contribution in [2.45, 2.75) is 0 Å². The number of non-ortho nitro benzene ring substituents is 1. The average Bonchev–Trinajstić information content (AvgIpc) is 3.03. The fraction of sp³-hybridized carbons (Fsp3) is 0. The van der Waals surface area contributed by atoms with Gasteiger partial charge in [0.1, 0.15) is 5.75 Å². The summed E-state index contributed by atoms with van der Waals surface area (Å²) in [5.41, 5.74) is -0.0761. The number of rotatable bonds is 4. The van der Waals surface area contributed by atoms with Crippen molar-refractivity contribution < 1.29 is 24.3 Å². The Balaban J connectivity index is 1.91. The molecule has 0 aliphatic rings. The van der Waals surface area contributed by atoms with E-state index in [-0.39, 0.29) is 44.1 Å². The minimum atomic E-state index is -0.736. The number of hydrogen-bond acceptors (Lipinski definition) is 6. The van der Waals surface area contributed by atoms with Crippen molar-refractivity contribution in [3.05, 3.63) is 68.4 Å². The molecule has 3 rings (SSSR count). The zero-order valence-electron chi connectivity index (χ0n) is 13.3. The number of nitrogens with zero attached hydrogens (tertiary/aromatic N) is 1. The first-order chi connectivity index (χ1) is 12.8. The van der Waals surface area contributed by atoms with Crippen LogP contribution in [0, 0.1) is 10.1 Å². The second-order valence-corrected chi connectivity index (χ2v) is 6.17. The molecule has 1 amide bonds.